The van der Waals surface area contributed by atoms with Gasteiger partial charge in [0.25, 0.3) is 0 Å². The van der Waals surface area contributed by atoms with Crippen molar-refractivity contribution < 1.29 is 18.3 Å². The highest BCUT2D eigenvalue weighted by Crippen LogP contribution is 2.31. The summed E-state index contributed by atoms with van der Waals surface area (Å²) < 4.78 is 28.4. The molecule has 0 spiro atoms. The Morgan fingerprint density at radius 2 is 2.13 bits per heavy atom. The summed E-state index contributed by atoms with van der Waals surface area (Å²) in [7, 11) is 0. The lowest BCUT2D eigenvalue weighted by Crippen LogP contribution is -2.06. The maximum atomic E-state index is 12.0. The van der Waals surface area contributed by atoms with Crippen LogP contribution in [0.4, 0.5) is 8.78 Å². The molecule has 2 nitrogen and oxygen atoms in total. The van der Waals surface area contributed by atoms with Gasteiger partial charge >= 0.3 is 6.61 Å². The van der Waals surface area contributed by atoms with Crippen LogP contribution >= 0.6 is 15.9 Å². The second kappa shape index (κ2) is 5.21. The first-order valence-electron chi connectivity index (χ1n) is 4.19. The fourth-order valence-electron chi connectivity index (χ4n) is 1.16. The number of carbonyl (C=O) groups excluding carboxylic acids is 1. The summed E-state index contributed by atoms with van der Waals surface area (Å²) in [6.07, 6.45) is 0.618. The SMILES string of the molecule is Cc1ccc(OC(F)F)c(C(Br)C=O)c1. The van der Waals surface area contributed by atoms with E-state index < -0.39 is 11.4 Å². The van der Waals surface area contributed by atoms with Crippen LogP contribution in [0.2, 0.25) is 0 Å². The number of carbonyl (C=O) groups is 1. The molecule has 1 rings (SSSR count). The smallest absolute Gasteiger partial charge is 0.387 e. The van der Waals surface area contributed by atoms with Crippen LogP contribution < -0.4 is 4.74 Å². The summed E-state index contributed by atoms with van der Waals surface area (Å²) in [5, 5.41) is 0. The van der Waals surface area contributed by atoms with Crippen molar-refractivity contribution in [2.45, 2.75) is 18.4 Å². The summed E-state index contributed by atoms with van der Waals surface area (Å²) in [6.45, 7) is -1.09. The number of ether oxygens (including phenoxy) is 1. The van der Waals surface area contributed by atoms with Gasteiger partial charge in [-0.25, -0.2) is 0 Å². The maximum Gasteiger partial charge on any atom is 0.387 e. The molecule has 1 atom stereocenters. The molecule has 0 aliphatic rings. The van der Waals surface area contributed by atoms with Gasteiger partial charge in [0.05, 0.1) is 4.83 Å². The molecule has 1 aromatic rings. The molecular weight excluding hydrogens is 270 g/mol. The number of hydrogen-bond acceptors (Lipinski definition) is 2. The van der Waals surface area contributed by atoms with E-state index >= 15 is 0 Å². The second-order valence-corrected chi connectivity index (χ2v) is 3.94. The van der Waals surface area contributed by atoms with Gasteiger partial charge in [-0.15, -0.1) is 0 Å². The van der Waals surface area contributed by atoms with Gasteiger partial charge in [-0.3, -0.25) is 0 Å². The molecule has 0 saturated heterocycles. The lowest BCUT2D eigenvalue weighted by molar-refractivity contribution is -0.107. The van der Waals surface area contributed by atoms with E-state index in [9.17, 15) is 13.6 Å². The molecule has 0 fully saturated rings. The fourth-order valence-corrected chi connectivity index (χ4v) is 1.52. The van der Waals surface area contributed by atoms with Crippen molar-refractivity contribution in [1.82, 2.24) is 0 Å². The predicted molar refractivity (Wildman–Crippen MR) is 55.5 cm³/mol. The van der Waals surface area contributed by atoms with E-state index in [1.807, 2.05) is 0 Å². The van der Waals surface area contributed by atoms with Crippen LogP contribution in [0.25, 0.3) is 0 Å². The molecule has 15 heavy (non-hydrogen) atoms. The van der Waals surface area contributed by atoms with Crippen LogP contribution in [0.1, 0.15) is 16.0 Å². The molecule has 1 unspecified atom stereocenters. The average molecular weight is 279 g/mol. The largest absolute Gasteiger partial charge is 0.434 e. The Morgan fingerprint density at radius 3 is 2.67 bits per heavy atom. The molecule has 0 aliphatic carbocycles. The summed E-state index contributed by atoms with van der Waals surface area (Å²) in [6, 6.07) is 4.70. The third-order valence-electron chi connectivity index (χ3n) is 1.80. The average Bonchev–Trinajstić information content (AvgIpc) is 2.19. The lowest BCUT2D eigenvalue weighted by Gasteiger charge is -2.12. The number of rotatable bonds is 4. The van der Waals surface area contributed by atoms with Crippen LogP contribution in [0.15, 0.2) is 18.2 Å². The van der Waals surface area contributed by atoms with Crippen molar-refractivity contribution in [2.75, 3.05) is 0 Å². The van der Waals surface area contributed by atoms with E-state index in [0.29, 0.717) is 11.8 Å². The Kier molecular flexibility index (Phi) is 4.20. The minimum atomic E-state index is -2.89. The molecule has 0 amide bonds. The Labute approximate surface area is 94.4 Å². The minimum Gasteiger partial charge on any atom is -0.434 e. The molecular formula is C10H9BrF2O2. The quantitative estimate of drug-likeness (QED) is 0.624. The fraction of sp³-hybridized carbons (Fsp3) is 0.300. The van der Waals surface area contributed by atoms with E-state index in [2.05, 4.69) is 20.7 Å². The summed E-state index contributed by atoms with van der Waals surface area (Å²) in [5.74, 6) is 0.0181. The molecule has 0 heterocycles. The van der Waals surface area contributed by atoms with E-state index in [-0.39, 0.29) is 5.75 Å². The number of hydrogen-bond donors (Lipinski definition) is 0. The molecule has 5 heteroatoms. The molecule has 0 bridgehead atoms. The normalized spacial score (nSPS) is 12.6. The van der Waals surface area contributed by atoms with E-state index in [4.69, 9.17) is 0 Å². The molecule has 82 valence electrons. The van der Waals surface area contributed by atoms with Gasteiger partial charge in [0.2, 0.25) is 0 Å². The standard InChI is InChI=1S/C10H9BrF2O2/c1-6-2-3-9(15-10(12)13)7(4-6)8(11)5-14/h2-5,8,10H,1H3. The first kappa shape index (κ1) is 12.1. The van der Waals surface area contributed by atoms with Crippen molar-refractivity contribution >= 4 is 22.2 Å². The Morgan fingerprint density at radius 1 is 1.47 bits per heavy atom. The Balaban J connectivity index is 3.08. The van der Waals surface area contributed by atoms with Crippen molar-refractivity contribution in [2.24, 2.45) is 0 Å². The Hall–Kier alpha value is -0.970. The molecule has 0 saturated carbocycles. The van der Waals surface area contributed by atoms with E-state index in [0.717, 1.165) is 5.56 Å². The van der Waals surface area contributed by atoms with Gasteiger partial charge in [-0.1, -0.05) is 33.6 Å². The topological polar surface area (TPSA) is 26.3 Å². The molecule has 0 aromatic heterocycles. The van der Waals surface area contributed by atoms with Gasteiger partial charge in [0.15, 0.2) is 0 Å². The maximum absolute atomic E-state index is 12.0. The molecule has 0 aliphatic heterocycles. The molecule has 1 aromatic carbocycles. The van der Waals surface area contributed by atoms with Crippen molar-refractivity contribution in [3.63, 3.8) is 0 Å². The van der Waals surface area contributed by atoms with Crippen LogP contribution in [0.3, 0.4) is 0 Å². The second-order valence-electron chi connectivity index (χ2n) is 2.96. The van der Waals surface area contributed by atoms with Gasteiger partial charge in [-0.2, -0.15) is 8.78 Å². The third kappa shape index (κ3) is 3.27. The zero-order valence-electron chi connectivity index (χ0n) is 7.91. The first-order valence-corrected chi connectivity index (χ1v) is 5.11. The monoisotopic (exact) mass is 278 g/mol. The van der Waals surface area contributed by atoms with Crippen molar-refractivity contribution in [1.29, 1.82) is 0 Å². The van der Waals surface area contributed by atoms with Crippen LogP contribution in [-0.4, -0.2) is 12.9 Å². The van der Waals surface area contributed by atoms with Crippen LogP contribution in [0, 0.1) is 6.92 Å². The minimum absolute atomic E-state index is 0.0181. The van der Waals surface area contributed by atoms with Gasteiger partial charge in [0, 0.05) is 5.56 Å². The predicted octanol–water partition coefficient (Wildman–Crippen LogP) is 3.23. The van der Waals surface area contributed by atoms with Crippen LogP contribution in [-0.2, 0) is 4.79 Å². The lowest BCUT2D eigenvalue weighted by atomic mass is 10.1. The first-order chi connectivity index (χ1) is 7.04. The van der Waals surface area contributed by atoms with E-state index in [1.54, 1.807) is 19.1 Å². The zero-order chi connectivity index (χ0) is 11.4. The van der Waals surface area contributed by atoms with E-state index in [1.165, 1.54) is 6.07 Å². The zero-order valence-corrected chi connectivity index (χ0v) is 9.50. The van der Waals surface area contributed by atoms with Crippen LogP contribution in [0.5, 0.6) is 5.75 Å². The molecule has 0 N–H and O–H groups in total. The third-order valence-corrected chi connectivity index (χ3v) is 2.51. The molecule has 0 radical (unpaired) electrons. The summed E-state index contributed by atoms with van der Waals surface area (Å²) >= 11 is 3.07. The van der Waals surface area contributed by atoms with Gasteiger partial charge in [-0.05, 0) is 13.0 Å². The number of halogens is 3. The highest BCUT2D eigenvalue weighted by atomic mass is 79.9. The highest BCUT2D eigenvalue weighted by Gasteiger charge is 2.15. The highest BCUT2D eigenvalue weighted by molar-refractivity contribution is 9.09. The van der Waals surface area contributed by atoms with Crippen molar-refractivity contribution in [3.8, 4) is 5.75 Å². The van der Waals surface area contributed by atoms with Gasteiger partial charge in [0.1, 0.15) is 12.0 Å². The number of aldehydes is 1. The van der Waals surface area contributed by atoms with Crippen molar-refractivity contribution in [3.05, 3.63) is 29.3 Å². The number of alkyl halides is 3. The summed E-state index contributed by atoms with van der Waals surface area (Å²) in [4.78, 5) is 9.93. The number of benzene rings is 1. The van der Waals surface area contributed by atoms with Gasteiger partial charge < -0.3 is 9.53 Å². The number of aryl methyl sites for hydroxylation is 1. The summed E-state index contributed by atoms with van der Waals surface area (Å²) in [5.41, 5.74) is 1.28. The Bertz CT molecular complexity index is 355.